The first-order valence-electron chi connectivity index (χ1n) is 6.68. The number of nitrogens with one attached hydrogen (secondary N) is 1. The molecule has 0 bridgehead atoms. The number of hydrogen-bond acceptors (Lipinski definition) is 4. The molecule has 0 aromatic heterocycles. The van der Waals surface area contributed by atoms with Crippen LogP contribution in [0.5, 0.6) is 17.2 Å². The van der Waals surface area contributed by atoms with Gasteiger partial charge in [0.25, 0.3) is 0 Å². The molecular formula is C16H16BrNO3. The number of rotatable bonds is 5. The molecule has 0 fully saturated rings. The van der Waals surface area contributed by atoms with Crippen molar-refractivity contribution in [3.05, 3.63) is 52.0 Å². The summed E-state index contributed by atoms with van der Waals surface area (Å²) in [5, 5.41) is 3.42. The van der Waals surface area contributed by atoms with E-state index in [-0.39, 0.29) is 0 Å². The van der Waals surface area contributed by atoms with Crippen LogP contribution in [0.3, 0.4) is 0 Å². The summed E-state index contributed by atoms with van der Waals surface area (Å²) in [5.41, 5.74) is 2.36. The van der Waals surface area contributed by atoms with Gasteiger partial charge in [-0.2, -0.15) is 0 Å². The summed E-state index contributed by atoms with van der Waals surface area (Å²) in [6, 6.07) is 12.0. The molecule has 21 heavy (non-hydrogen) atoms. The summed E-state index contributed by atoms with van der Waals surface area (Å²) in [4.78, 5) is 0. The van der Waals surface area contributed by atoms with Crippen LogP contribution in [-0.2, 0) is 13.1 Å². The minimum absolute atomic E-state index is 0.296. The SMILES string of the molecule is COc1ccc(CNCc2cc3c(cc2Br)OCO3)cc1. The molecule has 1 aliphatic rings. The fraction of sp³-hybridized carbons (Fsp3) is 0.250. The number of hydrogen-bond donors (Lipinski definition) is 1. The Hall–Kier alpha value is -1.72. The smallest absolute Gasteiger partial charge is 0.231 e. The molecule has 0 saturated heterocycles. The van der Waals surface area contributed by atoms with Crippen LogP contribution < -0.4 is 19.5 Å². The molecule has 0 spiro atoms. The van der Waals surface area contributed by atoms with E-state index in [0.29, 0.717) is 6.79 Å². The van der Waals surface area contributed by atoms with Gasteiger partial charge in [0, 0.05) is 17.6 Å². The zero-order valence-electron chi connectivity index (χ0n) is 11.7. The van der Waals surface area contributed by atoms with Crippen LogP contribution in [0, 0.1) is 0 Å². The van der Waals surface area contributed by atoms with E-state index in [1.165, 1.54) is 5.56 Å². The number of halogens is 1. The Morgan fingerprint density at radius 3 is 2.52 bits per heavy atom. The lowest BCUT2D eigenvalue weighted by molar-refractivity contribution is 0.174. The third-order valence-corrected chi connectivity index (χ3v) is 4.08. The van der Waals surface area contributed by atoms with Crippen LogP contribution in [0.1, 0.15) is 11.1 Å². The Bertz CT molecular complexity index is 628. The van der Waals surface area contributed by atoms with Crippen molar-refractivity contribution in [2.24, 2.45) is 0 Å². The summed E-state index contributed by atoms with van der Waals surface area (Å²) < 4.78 is 16.9. The molecule has 0 radical (unpaired) electrons. The first-order valence-corrected chi connectivity index (χ1v) is 7.47. The summed E-state index contributed by atoms with van der Waals surface area (Å²) >= 11 is 3.56. The zero-order chi connectivity index (χ0) is 14.7. The number of fused-ring (bicyclic) bond motifs is 1. The van der Waals surface area contributed by atoms with Crippen LogP contribution in [0.2, 0.25) is 0 Å². The van der Waals surface area contributed by atoms with Gasteiger partial charge in [0.2, 0.25) is 6.79 Å². The van der Waals surface area contributed by atoms with Gasteiger partial charge in [-0.3, -0.25) is 0 Å². The molecule has 0 aliphatic carbocycles. The molecule has 1 heterocycles. The van der Waals surface area contributed by atoms with E-state index in [1.54, 1.807) is 7.11 Å². The molecule has 1 N–H and O–H groups in total. The molecule has 0 atom stereocenters. The van der Waals surface area contributed by atoms with Gasteiger partial charge in [-0.25, -0.2) is 0 Å². The van der Waals surface area contributed by atoms with Gasteiger partial charge in [-0.05, 0) is 35.4 Å². The lowest BCUT2D eigenvalue weighted by atomic mass is 10.2. The van der Waals surface area contributed by atoms with Crippen molar-refractivity contribution in [1.29, 1.82) is 0 Å². The lowest BCUT2D eigenvalue weighted by Gasteiger charge is -2.09. The quantitative estimate of drug-likeness (QED) is 0.896. The standard InChI is InChI=1S/C16H16BrNO3/c1-19-13-4-2-11(3-5-13)8-18-9-12-6-15-16(7-14(12)17)21-10-20-15/h2-7,18H,8-10H2,1H3. The maximum atomic E-state index is 5.40. The monoisotopic (exact) mass is 349 g/mol. The molecule has 3 rings (SSSR count). The van der Waals surface area contributed by atoms with Gasteiger partial charge < -0.3 is 19.5 Å². The second-order valence-corrected chi connectivity index (χ2v) is 5.60. The topological polar surface area (TPSA) is 39.7 Å². The van der Waals surface area contributed by atoms with Crippen LogP contribution >= 0.6 is 15.9 Å². The second kappa shape index (κ2) is 6.37. The van der Waals surface area contributed by atoms with E-state index in [4.69, 9.17) is 14.2 Å². The van der Waals surface area contributed by atoms with Crippen molar-refractivity contribution < 1.29 is 14.2 Å². The van der Waals surface area contributed by atoms with E-state index in [0.717, 1.165) is 40.4 Å². The Kier molecular flexibility index (Phi) is 4.31. The van der Waals surface area contributed by atoms with Gasteiger partial charge in [-0.1, -0.05) is 28.1 Å². The van der Waals surface area contributed by atoms with E-state index >= 15 is 0 Å². The molecule has 110 valence electrons. The highest BCUT2D eigenvalue weighted by molar-refractivity contribution is 9.10. The summed E-state index contributed by atoms with van der Waals surface area (Å²) in [6.07, 6.45) is 0. The van der Waals surface area contributed by atoms with Crippen LogP contribution in [0.4, 0.5) is 0 Å². The predicted molar refractivity (Wildman–Crippen MR) is 83.8 cm³/mol. The lowest BCUT2D eigenvalue weighted by Crippen LogP contribution is -2.13. The van der Waals surface area contributed by atoms with Crippen molar-refractivity contribution in [2.45, 2.75) is 13.1 Å². The van der Waals surface area contributed by atoms with Crippen molar-refractivity contribution in [2.75, 3.05) is 13.9 Å². The minimum Gasteiger partial charge on any atom is -0.497 e. The van der Waals surface area contributed by atoms with E-state index < -0.39 is 0 Å². The zero-order valence-corrected chi connectivity index (χ0v) is 13.3. The van der Waals surface area contributed by atoms with Crippen LogP contribution in [0.15, 0.2) is 40.9 Å². The van der Waals surface area contributed by atoms with E-state index in [1.807, 2.05) is 24.3 Å². The minimum atomic E-state index is 0.296. The highest BCUT2D eigenvalue weighted by Gasteiger charge is 2.15. The normalized spacial score (nSPS) is 12.5. The van der Waals surface area contributed by atoms with Gasteiger partial charge in [0.05, 0.1) is 7.11 Å². The number of methoxy groups -OCH3 is 1. The molecule has 1 aliphatic heterocycles. The Balaban J connectivity index is 1.60. The molecule has 4 nitrogen and oxygen atoms in total. The second-order valence-electron chi connectivity index (χ2n) is 4.75. The van der Waals surface area contributed by atoms with Gasteiger partial charge >= 0.3 is 0 Å². The largest absolute Gasteiger partial charge is 0.497 e. The average Bonchev–Trinajstić information content (AvgIpc) is 2.95. The Morgan fingerprint density at radius 1 is 1.10 bits per heavy atom. The highest BCUT2D eigenvalue weighted by Crippen LogP contribution is 2.36. The summed E-state index contributed by atoms with van der Waals surface area (Å²) in [5.74, 6) is 2.47. The van der Waals surface area contributed by atoms with E-state index in [9.17, 15) is 0 Å². The molecule has 0 unspecified atom stereocenters. The van der Waals surface area contributed by atoms with Crippen molar-refractivity contribution in [3.8, 4) is 17.2 Å². The first kappa shape index (κ1) is 14.2. The van der Waals surface area contributed by atoms with E-state index in [2.05, 4.69) is 33.4 Å². The Morgan fingerprint density at radius 2 is 1.81 bits per heavy atom. The number of benzene rings is 2. The van der Waals surface area contributed by atoms with Gasteiger partial charge in [-0.15, -0.1) is 0 Å². The third kappa shape index (κ3) is 3.31. The Labute approximate surface area is 132 Å². The fourth-order valence-corrected chi connectivity index (χ4v) is 2.64. The highest BCUT2D eigenvalue weighted by atomic mass is 79.9. The maximum absolute atomic E-state index is 5.40. The van der Waals surface area contributed by atoms with Gasteiger partial charge in [0.15, 0.2) is 11.5 Å². The molecular weight excluding hydrogens is 334 g/mol. The summed E-state index contributed by atoms with van der Waals surface area (Å²) in [7, 11) is 1.67. The molecule has 5 heteroatoms. The van der Waals surface area contributed by atoms with Crippen molar-refractivity contribution in [1.82, 2.24) is 5.32 Å². The molecule has 0 amide bonds. The fourth-order valence-electron chi connectivity index (χ4n) is 2.18. The number of ether oxygens (including phenoxy) is 3. The molecule has 0 saturated carbocycles. The predicted octanol–water partition coefficient (Wildman–Crippen LogP) is 3.48. The molecule has 2 aromatic carbocycles. The van der Waals surface area contributed by atoms with Crippen molar-refractivity contribution >= 4 is 15.9 Å². The first-order chi connectivity index (χ1) is 10.3. The summed E-state index contributed by atoms with van der Waals surface area (Å²) in [6.45, 7) is 1.85. The maximum Gasteiger partial charge on any atom is 0.231 e. The van der Waals surface area contributed by atoms with Gasteiger partial charge in [0.1, 0.15) is 5.75 Å². The van der Waals surface area contributed by atoms with Crippen molar-refractivity contribution in [3.63, 3.8) is 0 Å². The average molecular weight is 350 g/mol. The third-order valence-electron chi connectivity index (χ3n) is 3.35. The van der Waals surface area contributed by atoms with Crippen LogP contribution in [-0.4, -0.2) is 13.9 Å². The van der Waals surface area contributed by atoms with Crippen LogP contribution in [0.25, 0.3) is 0 Å². The molecule has 2 aromatic rings.